The summed E-state index contributed by atoms with van der Waals surface area (Å²) < 4.78 is 111. The second kappa shape index (κ2) is 48.3. The van der Waals surface area contributed by atoms with E-state index in [1.807, 2.05) is 6.92 Å². The minimum absolute atomic E-state index is 0.00715. The summed E-state index contributed by atoms with van der Waals surface area (Å²) in [5.74, 6) is -12.9. The fourth-order valence-electron chi connectivity index (χ4n) is 13.0. The Morgan fingerprint density at radius 1 is 0.244 bits per heavy atom. The molecule has 0 bridgehead atoms. The summed E-state index contributed by atoms with van der Waals surface area (Å²) in [5, 5.41) is 96.6. The molecule has 12 aliphatic rings. The second-order valence-corrected chi connectivity index (χ2v) is 27.7. The van der Waals surface area contributed by atoms with Gasteiger partial charge in [-0.1, -0.05) is 33.2 Å². The number of allylic oxidation sites excluding steroid dienone is 4. The average Bonchev–Trinajstić information content (AvgIpc) is 1.65. The second-order valence-electron chi connectivity index (χ2n) is 27.7. The van der Waals surface area contributed by atoms with Crippen LogP contribution < -0.4 is 0 Å². The molecular weight excluding hydrogens is 1660 g/mol. The lowest BCUT2D eigenvalue weighted by molar-refractivity contribution is -0.156. The van der Waals surface area contributed by atoms with Crippen molar-refractivity contribution in [2.45, 2.75) is 173 Å². The van der Waals surface area contributed by atoms with E-state index in [-0.39, 0.29) is 127 Å². The lowest BCUT2D eigenvalue weighted by Gasteiger charge is -2.16. The quantitative estimate of drug-likeness (QED) is 0.0133. The number of carbonyl (C=O) groups excluding carboxylic acids is 9. The summed E-state index contributed by atoms with van der Waals surface area (Å²) >= 11 is 0. The Morgan fingerprint density at radius 2 is 0.423 bits per heavy atom. The van der Waals surface area contributed by atoms with E-state index in [2.05, 4.69) is 26.3 Å². The van der Waals surface area contributed by atoms with Crippen molar-refractivity contribution in [1.82, 2.24) is 0 Å². The molecule has 46 nitrogen and oxygen atoms in total. The SMILES string of the molecule is C=C(O)/C=C\C(=O)O[C@@H]1CO[C@H]2[C@@H]1OC[C@H]2O.C=C(O)/C=C\C(=O)O[C@@H]1CO[C@H]2[C@@H]1OC[C@H]2OC(=O)/C=C/C(=O)O.C=C(O)/C=C\C(=O)O[C@@H]1CO[C@H]2[C@@H]1OC[C@H]2OC(=O)/C=C\C(=O)O.C=C(O)/C=C\C(=O)O[C@@H]1CO[C@H]2[C@@H]1OC[C@H]2OC(=O)CCC(=O)O.C[C@@H]1CO[C@H]2[C@@H]1OC[C@H]2OC(=O)CCC(=O)O.O=C(O)/C=C\C(=O)O[C@@H]1CO[C@H]2[C@@H]1OC[C@H]2O. The minimum Gasteiger partial charge on any atom is -0.509 e. The van der Waals surface area contributed by atoms with Gasteiger partial charge in [0.2, 0.25) is 0 Å². The molecule has 12 saturated heterocycles. The molecule has 676 valence electrons. The highest BCUT2D eigenvalue weighted by Crippen LogP contribution is 2.36. The number of esters is 9. The third-order valence-corrected chi connectivity index (χ3v) is 18.4. The first kappa shape index (κ1) is 98.5. The van der Waals surface area contributed by atoms with Gasteiger partial charge >= 0.3 is 83.6 Å². The van der Waals surface area contributed by atoms with Gasteiger partial charge in [0.15, 0.2) is 54.9 Å². The Labute approximate surface area is 696 Å². The maximum Gasteiger partial charge on any atom is 0.331 e. The van der Waals surface area contributed by atoms with Crippen LogP contribution in [0.1, 0.15) is 32.6 Å². The van der Waals surface area contributed by atoms with Crippen LogP contribution in [0.3, 0.4) is 0 Å². The monoisotopic (exact) mass is 1750 g/mol. The van der Waals surface area contributed by atoms with E-state index in [1.165, 1.54) is 0 Å². The number of rotatable bonds is 29. The zero-order chi connectivity index (χ0) is 90.3. The van der Waals surface area contributed by atoms with Gasteiger partial charge in [0, 0.05) is 66.7 Å². The Hall–Kier alpha value is -11.6. The molecule has 0 unspecified atom stereocenters. The van der Waals surface area contributed by atoms with E-state index in [1.54, 1.807) is 0 Å². The van der Waals surface area contributed by atoms with E-state index in [4.69, 9.17) is 145 Å². The van der Waals surface area contributed by atoms with Crippen LogP contribution in [-0.2, 0) is 167 Å². The number of ether oxygens (including phenoxy) is 21. The molecule has 0 amide bonds. The van der Waals surface area contributed by atoms with Gasteiger partial charge in [0.25, 0.3) is 0 Å². The molecule has 24 atom stereocenters. The van der Waals surface area contributed by atoms with E-state index in [0.29, 0.717) is 37.4 Å². The van der Waals surface area contributed by atoms with Gasteiger partial charge < -0.3 is 156 Å². The number of aliphatic hydroxyl groups excluding tert-OH is 6. The highest BCUT2D eigenvalue weighted by atomic mass is 16.7. The van der Waals surface area contributed by atoms with Gasteiger partial charge in [-0.05, 0) is 24.3 Å². The fraction of sp³-hybridized carbons (Fsp3) is 0.532. The number of hydrogen-bond donors (Lipinski definition) is 11. The standard InChI is InChI=1S/C15H18O9.2C15H16O9.C11H16O6.C11H14O6.C10H12O7/c3*1-8(16)2-4-12(19)23-9-6-21-15-10(7-22-14(9)15)24-13(20)5-3-11(17)18;1-6-4-15-11-7(5-16-10(6)11)17-9(14)3-2-8(12)13;1-6(12)2-3-9(14)17-8-5-16-10-7(13)4-15-11(8)10;11-5-3-15-10-6(4-16-9(5)10)17-8(14)2-1-7(12)13/h2,4,9-10,14-16H,1,3,5-7H2,(H,17,18);2*2-5,9-10,14-16H,1,6-7H2,(H,17,18);6-7,10-11H,2-5H2,1H3,(H,12,13);2-3,7-8,10-13H,1,4-5H2;1-2,5-6,9-11H,3-4H2,(H,12,13)/b4-2-;4-2-,5-3+;4-2-,5-3-;;3-2-;2-1-/t3*9-,10-,14-,15-;6-,7-,10-,11-;7-,8-,10-,11-;5-,6-,9-,10-/m111111/s1. The first-order chi connectivity index (χ1) is 58.3. The van der Waals surface area contributed by atoms with Crippen molar-refractivity contribution in [1.29, 1.82) is 0 Å². The van der Waals surface area contributed by atoms with Gasteiger partial charge in [-0.25, -0.2) is 47.9 Å². The Bertz CT molecular complexity index is 3760. The zero-order valence-electron chi connectivity index (χ0n) is 65.3. The van der Waals surface area contributed by atoms with Crippen molar-refractivity contribution in [3.8, 4) is 0 Å². The first-order valence-corrected chi connectivity index (χ1v) is 37.3. The normalized spacial score (nSPS) is 31.7. The predicted octanol–water partition coefficient (Wildman–Crippen LogP) is -1.57. The zero-order valence-corrected chi connectivity index (χ0v) is 65.3. The van der Waals surface area contributed by atoms with Crippen LogP contribution in [-0.4, -0.2) is 359 Å². The molecule has 0 aromatic carbocycles. The Balaban J connectivity index is 0.000000204. The number of carboxylic acids is 5. The van der Waals surface area contributed by atoms with Gasteiger partial charge in [-0.15, -0.1) is 0 Å². The molecule has 12 heterocycles. The highest BCUT2D eigenvalue weighted by Gasteiger charge is 2.55. The molecule has 0 aromatic heterocycles. The molecule has 0 aliphatic carbocycles. The smallest absolute Gasteiger partial charge is 0.331 e. The Kier molecular flexibility index (Phi) is 38.6. The van der Waals surface area contributed by atoms with Crippen molar-refractivity contribution in [2.75, 3.05) is 79.3 Å². The molecule has 11 N–H and O–H groups in total. The molecule has 12 aliphatic heterocycles. The molecular formula is C77H92O46. The van der Waals surface area contributed by atoms with E-state index >= 15 is 0 Å². The lowest BCUT2D eigenvalue weighted by atomic mass is 10.0. The summed E-state index contributed by atoms with van der Waals surface area (Å²) in [6.45, 7) is 16.8. The van der Waals surface area contributed by atoms with E-state index < -0.39 is 212 Å². The number of fused-ring (bicyclic) bond motifs is 6. The topological polar surface area (TPSA) is 655 Å². The van der Waals surface area contributed by atoms with Gasteiger partial charge in [0.05, 0.1) is 111 Å². The number of aliphatic carboxylic acids is 5. The van der Waals surface area contributed by atoms with Crippen LogP contribution in [0.5, 0.6) is 0 Å². The first-order valence-electron chi connectivity index (χ1n) is 37.3. The van der Waals surface area contributed by atoms with E-state index in [0.717, 1.165) is 66.8 Å². The van der Waals surface area contributed by atoms with Gasteiger partial charge in [-0.2, -0.15) is 0 Å². The van der Waals surface area contributed by atoms with Crippen molar-refractivity contribution in [3.05, 3.63) is 134 Å². The molecule has 0 aromatic rings. The summed E-state index contributed by atoms with van der Waals surface area (Å²) in [7, 11) is 0. The maximum atomic E-state index is 11.6. The van der Waals surface area contributed by atoms with Crippen LogP contribution in [0.4, 0.5) is 0 Å². The van der Waals surface area contributed by atoms with Crippen LogP contribution in [0, 0.1) is 5.92 Å². The third-order valence-electron chi connectivity index (χ3n) is 18.4. The summed E-state index contributed by atoms with van der Waals surface area (Å²) in [6.07, 6.45) is -0.560. The van der Waals surface area contributed by atoms with Crippen LogP contribution in [0.15, 0.2) is 134 Å². The summed E-state index contributed by atoms with van der Waals surface area (Å²) in [4.78, 5) is 155. The molecule has 12 fully saturated rings. The molecule has 0 saturated carbocycles. The number of hydrogen-bond acceptors (Lipinski definition) is 41. The molecule has 0 spiro atoms. The van der Waals surface area contributed by atoms with Crippen molar-refractivity contribution < 1.29 is 223 Å². The number of carboxylic acid groups (broad SMARTS) is 5. The number of carbonyl (C=O) groups is 14. The number of aliphatic hydroxyl groups is 6. The van der Waals surface area contributed by atoms with Crippen molar-refractivity contribution >= 4 is 83.6 Å². The molecule has 123 heavy (non-hydrogen) atoms. The van der Waals surface area contributed by atoms with Gasteiger partial charge in [0.1, 0.15) is 102 Å². The van der Waals surface area contributed by atoms with Crippen molar-refractivity contribution in [3.63, 3.8) is 0 Å². The molecule has 0 radical (unpaired) electrons. The molecule has 46 heteroatoms. The highest BCUT2D eigenvalue weighted by molar-refractivity contribution is 5.92. The van der Waals surface area contributed by atoms with Crippen molar-refractivity contribution in [2.24, 2.45) is 5.92 Å². The van der Waals surface area contributed by atoms with Crippen LogP contribution >= 0.6 is 0 Å². The van der Waals surface area contributed by atoms with Gasteiger partial charge in [-0.3, -0.25) is 19.2 Å². The third kappa shape index (κ3) is 32.0. The average molecular weight is 1750 g/mol. The fourth-order valence-corrected chi connectivity index (χ4v) is 13.0. The largest absolute Gasteiger partial charge is 0.509 e. The predicted molar refractivity (Wildman–Crippen MR) is 395 cm³/mol. The Morgan fingerprint density at radius 3 is 0.642 bits per heavy atom. The lowest BCUT2D eigenvalue weighted by Crippen LogP contribution is -2.35. The van der Waals surface area contributed by atoms with Crippen LogP contribution in [0.2, 0.25) is 0 Å². The summed E-state index contributed by atoms with van der Waals surface area (Å²) in [5.41, 5.74) is 0. The molecule has 12 rings (SSSR count). The minimum atomic E-state index is -1.27. The van der Waals surface area contributed by atoms with E-state index in [9.17, 15) is 77.3 Å². The maximum absolute atomic E-state index is 11.6. The summed E-state index contributed by atoms with van der Waals surface area (Å²) in [6, 6.07) is 0. The van der Waals surface area contributed by atoms with Crippen LogP contribution in [0.25, 0.3) is 0 Å².